The molecule has 0 radical (unpaired) electrons. The Bertz CT molecular complexity index is 926. The number of hydrogen-bond donors (Lipinski definition) is 0. The maximum atomic E-state index is 12.8. The summed E-state index contributed by atoms with van der Waals surface area (Å²) < 4.78 is 5.11. The molecule has 25 heavy (non-hydrogen) atoms. The van der Waals surface area contributed by atoms with Crippen molar-refractivity contribution in [3.63, 3.8) is 0 Å². The zero-order valence-corrected chi connectivity index (χ0v) is 14.4. The van der Waals surface area contributed by atoms with Crippen molar-refractivity contribution in [2.24, 2.45) is 0 Å². The van der Waals surface area contributed by atoms with Gasteiger partial charge in [0.15, 0.2) is 0 Å². The van der Waals surface area contributed by atoms with Gasteiger partial charge in [-0.2, -0.15) is 0 Å². The highest BCUT2D eigenvalue weighted by Gasteiger charge is 2.23. The van der Waals surface area contributed by atoms with E-state index in [2.05, 4.69) is 46.2 Å². The Morgan fingerprint density at radius 2 is 1.88 bits per heavy atom. The van der Waals surface area contributed by atoms with Crippen LogP contribution in [0.4, 0.5) is 5.69 Å². The summed E-state index contributed by atoms with van der Waals surface area (Å²) in [7, 11) is 0. The number of piperazine rings is 1. The molecule has 1 fully saturated rings. The van der Waals surface area contributed by atoms with E-state index in [-0.39, 0.29) is 5.91 Å². The Morgan fingerprint density at radius 1 is 1.12 bits per heavy atom. The third-order valence-electron chi connectivity index (χ3n) is 4.78. The number of para-hydroxylation sites is 1. The van der Waals surface area contributed by atoms with Crippen molar-refractivity contribution in [1.82, 2.24) is 15.0 Å². The van der Waals surface area contributed by atoms with Crippen LogP contribution in [-0.4, -0.2) is 47.1 Å². The van der Waals surface area contributed by atoms with Crippen molar-refractivity contribution in [2.45, 2.75) is 13.8 Å². The molecule has 0 unspecified atom stereocenters. The van der Waals surface area contributed by atoms with Crippen LogP contribution in [0.25, 0.3) is 11.1 Å². The molecule has 3 heterocycles. The molecule has 2 aromatic heterocycles. The molecule has 1 amide bonds. The van der Waals surface area contributed by atoms with Gasteiger partial charge in [-0.15, -0.1) is 0 Å². The summed E-state index contributed by atoms with van der Waals surface area (Å²) in [5, 5.41) is 4.69. The average molecular weight is 336 g/mol. The summed E-state index contributed by atoms with van der Waals surface area (Å²) in [6.07, 6.45) is 1.57. The monoisotopic (exact) mass is 336 g/mol. The van der Waals surface area contributed by atoms with Crippen molar-refractivity contribution in [1.29, 1.82) is 0 Å². The van der Waals surface area contributed by atoms with E-state index in [1.165, 1.54) is 11.3 Å². The lowest BCUT2D eigenvalue weighted by Crippen LogP contribution is -2.49. The maximum Gasteiger partial charge on any atom is 0.257 e. The first kappa shape index (κ1) is 15.6. The number of aromatic nitrogens is 2. The van der Waals surface area contributed by atoms with Gasteiger partial charge in [-0.05, 0) is 31.5 Å². The fraction of sp³-hybridized carbons (Fsp3) is 0.316. The van der Waals surface area contributed by atoms with Crippen molar-refractivity contribution in [2.75, 3.05) is 31.1 Å². The molecular formula is C19H20N4O2. The summed E-state index contributed by atoms with van der Waals surface area (Å²) in [5.74, 6) is 0.0134. The molecule has 0 N–H and O–H groups in total. The molecule has 6 heteroatoms. The minimum absolute atomic E-state index is 0.0134. The quantitative estimate of drug-likeness (QED) is 0.720. The molecule has 4 rings (SSSR count). The van der Waals surface area contributed by atoms with E-state index < -0.39 is 0 Å². The molecule has 1 aliphatic rings. The Balaban J connectivity index is 1.49. The number of carbonyl (C=O) groups is 1. The number of anilines is 1. The van der Waals surface area contributed by atoms with Crippen molar-refractivity contribution in [3.05, 3.63) is 53.3 Å². The minimum atomic E-state index is 0.0134. The summed E-state index contributed by atoms with van der Waals surface area (Å²) >= 11 is 0. The molecule has 1 saturated heterocycles. The average Bonchev–Trinajstić information content (AvgIpc) is 3.02. The van der Waals surface area contributed by atoms with Crippen LogP contribution in [0.1, 0.15) is 21.6 Å². The fourth-order valence-electron chi connectivity index (χ4n) is 3.31. The number of benzene rings is 1. The topological polar surface area (TPSA) is 62.5 Å². The molecule has 128 valence electrons. The standard InChI is InChI=1S/C19H20N4O2/c1-13-5-3-4-6-17(13)22-7-9-23(10-8-22)19(24)15-11-16-14(2)21-25-18(16)20-12-15/h3-6,11-12H,7-10H2,1-2H3. The molecule has 0 spiro atoms. The van der Waals surface area contributed by atoms with E-state index in [0.29, 0.717) is 24.4 Å². The number of fused-ring (bicyclic) bond motifs is 1. The maximum absolute atomic E-state index is 12.8. The normalized spacial score (nSPS) is 15.0. The highest BCUT2D eigenvalue weighted by Crippen LogP contribution is 2.22. The number of hydrogen-bond acceptors (Lipinski definition) is 5. The first-order valence-corrected chi connectivity index (χ1v) is 8.45. The second-order valence-electron chi connectivity index (χ2n) is 6.41. The largest absolute Gasteiger partial charge is 0.368 e. The minimum Gasteiger partial charge on any atom is -0.368 e. The summed E-state index contributed by atoms with van der Waals surface area (Å²) in [5.41, 5.74) is 4.32. The highest BCUT2D eigenvalue weighted by molar-refractivity contribution is 5.97. The number of amides is 1. The molecule has 0 aliphatic carbocycles. The van der Waals surface area contributed by atoms with Crippen LogP contribution < -0.4 is 4.90 Å². The van der Waals surface area contributed by atoms with Gasteiger partial charge in [-0.3, -0.25) is 4.79 Å². The lowest BCUT2D eigenvalue weighted by molar-refractivity contribution is 0.0746. The van der Waals surface area contributed by atoms with E-state index in [0.717, 1.165) is 24.2 Å². The molecule has 0 bridgehead atoms. The summed E-state index contributed by atoms with van der Waals surface area (Å²) in [6, 6.07) is 10.2. The van der Waals surface area contributed by atoms with Crippen molar-refractivity contribution in [3.8, 4) is 0 Å². The Kier molecular flexibility index (Phi) is 3.87. The van der Waals surface area contributed by atoms with E-state index in [4.69, 9.17) is 4.52 Å². The second kappa shape index (κ2) is 6.20. The Labute approximate surface area is 146 Å². The third-order valence-corrected chi connectivity index (χ3v) is 4.78. The SMILES string of the molecule is Cc1ccccc1N1CCN(C(=O)c2cnc3onc(C)c3c2)CC1. The van der Waals surface area contributed by atoms with Crippen LogP contribution in [0.2, 0.25) is 0 Å². The first-order valence-electron chi connectivity index (χ1n) is 8.45. The molecular weight excluding hydrogens is 316 g/mol. The summed E-state index contributed by atoms with van der Waals surface area (Å²) in [6.45, 7) is 7.04. The highest BCUT2D eigenvalue weighted by atomic mass is 16.5. The molecule has 1 aromatic carbocycles. The lowest BCUT2D eigenvalue weighted by Gasteiger charge is -2.36. The predicted octanol–water partition coefficient (Wildman–Crippen LogP) is 2.80. The smallest absolute Gasteiger partial charge is 0.257 e. The zero-order chi connectivity index (χ0) is 17.4. The number of nitrogens with zero attached hydrogens (tertiary/aromatic N) is 4. The second-order valence-corrected chi connectivity index (χ2v) is 6.41. The van der Waals surface area contributed by atoms with Gasteiger partial charge >= 0.3 is 0 Å². The number of carbonyl (C=O) groups excluding carboxylic acids is 1. The van der Waals surface area contributed by atoms with Crippen LogP contribution in [0.3, 0.4) is 0 Å². The van der Waals surface area contributed by atoms with Crippen LogP contribution in [0.15, 0.2) is 41.1 Å². The van der Waals surface area contributed by atoms with Crippen LogP contribution in [0.5, 0.6) is 0 Å². The Hall–Kier alpha value is -2.89. The molecule has 3 aromatic rings. The van der Waals surface area contributed by atoms with Gasteiger partial charge in [0.25, 0.3) is 11.6 Å². The van der Waals surface area contributed by atoms with E-state index in [1.54, 1.807) is 6.20 Å². The van der Waals surface area contributed by atoms with Gasteiger partial charge < -0.3 is 14.3 Å². The van der Waals surface area contributed by atoms with E-state index >= 15 is 0 Å². The van der Waals surface area contributed by atoms with Gasteiger partial charge in [-0.25, -0.2) is 4.98 Å². The van der Waals surface area contributed by atoms with Gasteiger partial charge in [0.1, 0.15) is 0 Å². The summed E-state index contributed by atoms with van der Waals surface area (Å²) in [4.78, 5) is 21.2. The molecule has 0 atom stereocenters. The molecule has 0 saturated carbocycles. The lowest BCUT2D eigenvalue weighted by atomic mass is 10.1. The van der Waals surface area contributed by atoms with E-state index in [1.807, 2.05) is 17.9 Å². The van der Waals surface area contributed by atoms with Crippen LogP contribution in [-0.2, 0) is 0 Å². The van der Waals surface area contributed by atoms with E-state index in [9.17, 15) is 4.79 Å². The number of rotatable bonds is 2. The zero-order valence-electron chi connectivity index (χ0n) is 14.4. The van der Waals surface area contributed by atoms with Crippen LogP contribution >= 0.6 is 0 Å². The number of aryl methyl sites for hydroxylation is 2. The first-order chi connectivity index (χ1) is 12.1. The third kappa shape index (κ3) is 2.84. The van der Waals surface area contributed by atoms with Crippen molar-refractivity contribution >= 4 is 22.7 Å². The van der Waals surface area contributed by atoms with Gasteiger partial charge in [-0.1, -0.05) is 23.4 Å². The number of pyridine rings is 1. The van der Waals surface area contributed by atoms with Crippen LogP contribution in [0, 0.1) is 13.8 Å². The van der Waals surface area contributed by atoms with Gasteiger partial charge in [0.2, 0.25) is 0 Å². The molecule has 1 aliphatic heterocycles. The van der Waals surface area contributed by atoms with Crippen molar-refractivity contribution < 1.29 is 9.32 Å². The fourth-order valence-corrected chi connectivity index (χ4v) is 3.31. The van der Waals surface area contributed by atoms with Gasteiger partial charge in [0.05, 0.1) is 16.6 Å². The Morgan fingerprint density at radius 3 is 2.64 bits per heavy atom. The van der Waals surface area contributed by atoms with Gasteiger partial charge in [0, 0.05) is 38.1 Å². The predicted molar refractivity (Wildman–Crippen MR) is 95.8 cm³/mol. The molecule has 6 nitrogen and oxygen atoms in total.